The first-order valence-electron chi connectivity index (χ1n) is 3.52. The maximum absolute atomic E-state index is 6.59. The van der Waals surface area contributed by atoms with Crippen molar-refractivity contribution >= 4 is 52.2 Å². The van der Waals surface area contributed by atoms with Gasteiger partial charge in [-0.25, -0.2) is 5.41 Å². The number of hydrogen-bond donors (Lipinski definition) is 2. The molecule has 1 aromatic rings. The van der Waals surface area contributed by atoms with Crippen molar-refractivity contribution in [2.45, 2.75) is 0 Å². The van der Waals surface area contributed by atoms with Crippen LogP contribution in [0.2, 0.25) is 10.0 Å². The Bertz CT molecular complexity index is 413. The summed E-state index contributed by atoms with van der Waals surface area (Å²) in [5, 5.41) is 10.4. The molecule has 0 heterocycles. The lowest BCUT2D eigenvalue weighted by Crippen LogP contribution is -2.05. The fourth-order valence-electron chi connectivity index (χ4n) is 0.785. The highest BCUT2D eigenvalue weighted by Crippen LogP contribution is 2.25. The van der Waals surface area contributed by atoms with Gasteiger partial charge in [0, 0.05) is 5.02 Å². The number of hydrogen-bond acceptors (Lipinski definition) is 2. The summed E-state index contributed by atoms with van der Waals surface area (Å²) in [4.78, 5) is 3.43. The maximum atomic E-state index is 6.59. The van der Waals surface area contributed by atoms with Crippen LogP contribution in [0.15, 0.2) is 23.2 Å². The number of aliphatic imine (C=N–C) groups is 1. The molecule has 3 nitrogen and oxygen atoms in total. The molecule has 6 heteroatoms. The van der Waals surface area contributed by atoms with Crippen molar-refractivity contribution in [3.05, 3.63) is 28.2 Å². The lowest BCUT2D eigenvalue weighted by Gasteiger charge is -2.05. The van der Waals surface area contributed by atoms with E-state index < -0.39 is 0 Å². The number of benzene rings is 1. The minimum absolute atomic E-state index is 0.129. The van der Waals surface area contributed by atoms with Gasteiger partial charge in [0.05, 0.1) is 16.7 Å². The lowest BCUT2D eigenvalue weighted by atomic mass is 10.3. The Kier molecular flexibility index (Phi) is 4.04. The topological polar surface area (TPSA) is 48.2 Å². The van der Waals surface area contributed by atoms with Gasteiger partial charge in [0.15, 0.2) is 0 Å². The highest BCUT2D eigenvalue weighted by atomic mass is 35.5. The normalized spacial score (nSPS) is 9.00. The predicted octanol–water partition coefficient (Wildman–Crippen LogP) is 3.44. The molecular weight excluding hydrogens is 241 g/mol. The number of anilines is 1. The molecule has 0 spiro atoms. The maximum Gasteiger partial charge on any atom is 0.207 e. The first-order chi connectivity index (χ1) is 6.63. The molecule has 0 atom stereocenters. The van der Waals surface area contributed by atoms with Gasteiger partial charge < -0.3 is 5.32 Å². The van der Waals surface area contributed by atoms with Crippen LogP contribution in [0.3, 0.4) is 0 Å². The van der Waals surface area contributed by atoms with Gasteiger partial charge >= 0.3 is 0 Å². The summed E-state index contributed by atoms with van der Waals surface area (Å²) in [7, 11) is 0. The van der Waals surface area contributed by atoms with E-state index in [4.69, 9.17) is 40.8 Å². The van der Waals surface area contributed by atoms with Crippen LogP contribution in [-0.4, -0.2) is 11.1 Å². The molecule has 0 aliphatic rings. The minimum Gasteiger partial charge on any atom is -0.329 e. The van der Waals surface area contributed by atoms with Gasteiger partial charge in [-0.3, -0.25) is 0 Å². The van der Waals surface area contributed by atoms with Crippen LogP contribution >= 0.6 is 35.4 Å². The van der Waals surface area contributed by atoms with Crippen molar-refractivity contribution in [1.29, 1.82) is 5.41 Å². The fourth-order valence-corrected chi connectivity index (χ4v) is 1.40. The quantitative estimate of drug-likeness (QED) is 0.589. The van der Waals surface area contributed by atoms with Gasteiger partial charge in [0.1, 0.15) is 0 Å². The van der Waals surface area contributed by atoms with E-state index in [9.17, 15) is 0 Å². The third-order valence-electron chi connectivity index (χ3n) is 1.33. The monoisotopic (exact) mass is 245 g/mol. The molecule has 72 valence electrons. The summed E-state index contributed by atoms with van der Waals surface area (Å²) in [5.41, 5.74) is 0.597. The first-order valence-corrected chi connectivity index (χ1v) is 4.68. The number of rotatable bonds is 1. The fraction of sp³-hybridized carbons (Fsp3) is 0. The largest absolute Gasteiger partial charge is 0.329 e. The van der Waals surface area contributed by atoms with E-state index in [1.54, 1.807) is 18.2 Å². The number of halogens is 2. The minimum atomic E-state index is 0.129. The summed E-state index contributed by atoms with van der Waals surface area (Å²) in [6, 6.07) is 6.76. The zero-order valence-electron chi connectivity index (χ0n) is 6.84. The molecule has 0 saturated carbocycles. The SMILES string of the molecule is N=C=NC(=S)Nc1ccc(Cl)cc1Cl. The van der Waals surface area contributed by atoms with Crippen molar-refractivity contribution in [2.75, 3.05) is 5.32 Å². The molecule has 0 saturated heterocycles. The van der Waals surface area contributed by atoms with Crippen LogP contribution in [-0.2, 0) is 0 Å². The van der Waals surface area contributed by atoms with Gasteiger partial charge in [-0.1, -0.05) is 23.2 Å². The number of nitrogens with one attached hydrogen (secondary N) is 2. The molecule has 2 N–H and O–H groups in total. The van der Waals surface area contributed by atoms with Crippen LogP contribution in [0, 0.1) is 5.41 Å². The van der Waals surface area contributed by atoms with Gasteiger partial charge in [-0.15, -0.1) is 0 Å². The highest BCUT2D eigenvalue weighted by molar-refractivity contribution is 7.80. The molecular formula is C8H5Cl2N3S. The second-order valence-electron chi connectivity index (χ2n) is 2.28. The Balaban J connectivity index is 2.87. The van der Waals surface area contributed by atoms with Crippen LogP contribution in [0.1, 0.15) is 0 Å². The van der Waals surface area contributed by atoms with E-state index in [1.807, 2.05) is 6.01 Å². The van der Waals surface area contributed by atoms with E-state index in [0.29, 0.717) is 15.7 Å². The summed E-state index contributed by atoms with van der Waals surface area (Å²) >= 11 is 16.3. The van der Waals surface area contributed by atoms with Gasteiger partial charge in [-0.05, 0) is 30.4 Å². The Hall–Kier alpha value is -0.930. The molecule has 0 amide bonds. The van der Waals surface area contributed by atoms with Crippen LogP contribution in [0.4, 0.5) is 5.69 Å². The number of nitrogens with zero attached hydrogens (tertiary/aromatic N) is 1. The van der Waals surface area contributed by atoms with E-state index in [1.165, 1.54) is 0 Å². The summed E-state index contributed by atoms with van der Waals surface area (Å²) < 4.78 is 0. The van der Waals surface area contributed by atoms with Crippen LogP contribution in [0.25, 0.3) is 0 Å². The molecule has 0 aliphatic heterocycles. The van der Waals surface area contributed by atoms with Crippen molar-refractivity contribution in [2.24, 2.45) is 4.99 Å². The third kappa shape index (κ3) is 3.09. The van der Waals surface area contributed by atoms with Crippen molar-refractivity contribution < 1.29 is 0 Å². The predicted molar refractivity (Wildman–Crippen MR) is 62.8 cm³/mol. The van der Waals surface area contributed by atoms with Crippen LogP contribution < -0.4 is 5.32 Å². The molecule has 0 aromatic heterocycles. The Labute approximate surface area is 96.3 Å². The molecule has 0 unspecified atom stereocenters. The second-order valence-corrected chi connectivity index (χ2v) is 3.51. The number of thiocarbonyl (C=S) groups is 1. The van der Waals surface area contributed by atoms with Crippen molar-refractivity contribution in [1.82, 2.24) is 0 Å². The van der Waals surface area contributed by atoms with Gasteiger partial charge in [0.25, 0.3) is 0 Å². The Morgan fingerprint density at radius 1 is 1.50 bits per heavy atom. The van der Waals surface area contributed by atoms with Crippen molar-refractivity contribution in [3.8, 4) is 0 Å². The zero-order valence-corrected chi connectivity index (χ0v) is 9.17. The van der Waals surface area contributed by atoms with E-state index in [0.717, 1.165) is 0 Å². The summed E-state index contributed by atoms with van der Waals surface area (Å²) in [6.45, 7) is 0. The third-order valence-corrected chi connectivity index (χ3v) is 2.07. The summed E-state index contributed by atoms with van der Waals surface area (Å²) in [5.74, 6) is 0. The molecule has 0 bridgehead atoms. The van der Waals surface area contributed by atoms with E-state index in [2.05, 4.69) is 10.3 Å². The molecule has 1 rings (SSSR count). The molecule has 0 radical (unpaired) electrons. The molecule has 0 fully saturated rings. The van der Waals surface area contributed by atoms with Gasteiger partial charge in [0.2, 0.25) is 5.11 Å². The van der Waals surface area contributed by atoms with E-state index in [-0.39, 0.29) is 5.11 Å². The summed E-state index contributed by atoms with van der Waals surface area (Å²) in [6.07, 6.45) is 0. The van der Waals surface area contributed by atoms with Gasteiger partial charge in [-0.2, -0.15) is 4.99 Å². The second kappa shape index (κ2) is 5.08. The first kappa shape index (κ1) is 11.1. The Morgan fingerprint density at radius 2 is 2.21 bits per heavy atom. The highest BCUT2D eigenvalue weighted by Gasteiger charge is 2.01. The zero-order chi connectivity index (χ0) is 10.6. The van der Waals surface area contributed by atoms with Crippen molar-refractivity contribution in [3.63, 3.8) is 0 Å². The molecule has 14 heavy (non-hydrogen) atoms. The van der Waals surface area contributed by atoms with E-state index >= 15 is 0 Å². The average molecular weight is 246 g/mol. The molecule has 0 aliphatic carbocycles. The standard InChI is InChI=1S/C8H5Cl2N3S/c9-5-1-2-7(6(10)3-5)13-8(14)12-4-11/h1-3,11H,(H,13,14). The molecule has 1 aromatic carbocycles. The smallest absolute Gasteiger partial charge is 0.207 e. The lowest BCUT2D eigenvalue weighted by molar-refractivity contribution is 1.54. The Morgan fingerprint density at radius 3 is 2.79 bits per heavy atom. The van der Waals surface area contributed by atoms with Crippen LogP contribution in [0.5, 0.6) is 0 Å². The average Bonchev–Trinajstić information content (AvgIpc) is 2.10.